The van der Waals surface area contributed by atoms with Crippen LogP contribution in [-0.2, 0) is 9.84 Å². The minimum absolute atomic E-state index is 0.0771. The Morgan fingerprint density at radius 1 is 1.48 bits per heavy atom. The number of sulfone groups is 1. The summed E-state index contributed by atoms with van der Waals surface area (Å²) in [5, 5.41) is 13.2. The second-order valence-electron chi connectivity index (χ2n) is 5.26. The molecule has 0 aliphatic carbocycles. The van der Waals surface area contributed by atoms with Gasteiger partial charge >= 0.3 is 0 Å². The molecule has 1 aromatic carbocycles. The smallest absolute Gasteiger partial charge is 0.156 e. The molecule has 1 fully saturated rings. The summed E-state index contributed by atoms with van der Waals surface area (Å²) in [6.07, 6.45) is -1.69. The van der Waals surface area contributed by atoms with Gasteiger partial charge in [-0.1, -0.05) is 28.9 Å². The molecule has 0 saturated carbocycles. The summed E-state index contributed by atoms with van der Waals surface area (Å²) < 4.78 is 29.8. The lowest BCUT2D eigenvalue weighted by Crippen LogP contribution is -2.30. The third kappa shape index (κ3) is 4.18. The van der Waals surface area contributed by atoms with E-state index in [9.17, 15) is 13.5 Å². The van der Waals surface area contributed by atoms with Crippen molar-refractivity contribution in [3.8, 4) is 5.75 Å². The third-order valence-corrected chi connectivity index (χ3v) is 5.68. The lowest BCUT2D eigenvalue weighted by molar-refractivity contribution is 0.0727. The van der Waals surface area contributed by atoms with Gasteiger partial charge in [0.2, 0.25) is 0 Å². The zero-order chi connectivity index (χ0) is 15.6. The number of nitrogens with one attached hydrogen (secondary N) is 1. The van der Waals surface area contributed by atoms with Gasteiger partial charge in [0.15, 0.2) is 9.84 Å². The van der Waals surface area contributed by atoms with Crippen molar-refractivity contribution in [2.75, 3.05) is 18.1 Å². The first kappa shape index (κ1) is 16.7. The zero-order valence-corrected chi connectivity index (χ0v) is 14.4. The number of rotatable bonds is 5. The van der Waals surface area contributed by atoms with E-state index in [0.29, 0.717) is 5.75 Å². The quantitative estimate of drug-likeness (QED) is 0.815. The number of aliphatic hydroxyl groups is 1. The number of hydrogen-bond acceptors (Lipinski definition) is 5. The number of aliphatic hydroxyl groups excluding tert-OH is 1. The van der Waals surface area contributed by atoms with Crippen molar-refractivity contribution in [2.24, 2.45) is 0 Å². The van der Waals surface area contributed by atoms with Crippen molar-refractivity contribution in [2.45, 2.75) is 32.1 Å². The number of halogens is 1. The van der Waals surface area contributed by atoms with Gasteiger partial charge < -0.3 is 15.2 Å². The van der Waals surface area contributed by atoms with Crippen molar-refractivity contribution in [1.82, 2.24) is 5.32 Å². The van der Waals surface area contributed by atoms with Crippen LogP contribution < -0.4 is 10.1 Å². The predicted molar refractivity (Wildman–Crippen MR) is 85.3 cm³/mol. The Bertz CT molecular complexity index is 605. The summed E-state index contributed by atoms with van der Waals surface area (Å²) >= 11 is 3.39. The Labute approximate surface area is 133 Å². The molecule has 0 amide bonds. The summed E-state index contributed by atoms with van der Waals surface area (Å²) in [6.45, 7) is 4.85. The van der Waals surface area contributed by atoms with E-state index < -0.39 is 22.0 Å². The Morgan fingerprint density at radius 3 is 2.76 bits per heavy atom. The van der Waals surface area contributed by atoms with Gasteiger partial charge in [0, 0.05) is 16.1 Å². The highest BCUT2D eigenvalue weighted by Gasteiger charge is 2.38. The maximum atomic E-state index is 11.6. The molecule has 7 heteroatoms. The predicted octanol–water partition coefficient (Wildman–Crippen LogP) is 1.66. The van der Waals surface area contributed by atoms with Gasteiger partial charge in [0.25, 0.3) is 0 Å². The Hall–Kier alpha value is -0.630. The van der Waals surface area contributed by atoms with Crippen LogP contribution in [0.25, 0.3) is 0 Å². The molecule has 1 aromatic rings. The van der Waals surface area contributed by atoms with Gasteiger partial charge in [0.1, 0.15) is 18.0 Å². The largest absolute Gasteiger partial charge is 0.486 e. The SMILES string of the molecule is CCNC(C)c1ccc(Br)cc1OC1CS(=O)(=O)CC1O. The third-order valence-electron chi connectivity index (χ3n) is 3.50. The number of benzene rings is 1. The molecular weight excluding hydrogens is 358 g/mol. The molecule has 0 radical (unpaired) electrons. The summed E-state index contributed by atoms with van der Waals surface area (Å²) in [6, 6.07) is 5.73. The molecule has 3 unspecified atom stereocenters. The van der Waals surface area contributed by atoms with Gasteiger partial charge in [0.05, 0.1) is 11.5 Å². The minimum atomic E-state index is -3.22. The molecule has 1 saturated heterocycles. The van der Waals surface area contributed by atoms with E-state index in [2.05, 4.69) is 21.2 Å². The highest BCUT2D eigenvalue weighted by Crippen LogP contribution is 2.31. The van der Waals surface area contributed by atoms with Crippen LogP contribution in [0, 0.1) is 0 Å². The molecule has 2 rings (SSSR count). The summed E-state index contributed by atoms with van der Waals surface area (Å²) in [5.74, 6) is 0.221. The van der Waals surface area contributed by atoms with Crippen molar-refractivity contribution >= 4 is 25.8 Å². The monoisotopic (exact) mass is 377 g/mol. The fourth-order valence-electron chi connectivity index (χ4n) is 2.46. The van der Waals surface area contributed by atoms with Gasteiger partial charge in [-0.3, -0.25) is 0 Å². The average molecular weight is 378 g/mol. The fraction of sp³-hybridized carbons (Fsp3) is 0.571. The van der Waals surface area contributed by atoms with Gasteiger partial charge in [-0.25, -0.2) is 8.42 Å². The van der Waals surface area contributed by atoms with Crippen molar-refractivity contribution in [1.29, 1.82) is 0 Å². The van der Waals surface area contributed by atoms with E-state index in [1.54, 1.807) is 6.07 Å². The summed E-state index contributed by atoms with van der Waals surface area (Å²) in [5.41, 5.74) is 0.941. The molecule has 0 bridgehead atoms. The topological polar surface area (TPSA) is 75.6 Å². The van der Waals surface area contributed by atoms with E-state index in [4.69, 9.17) is 4.74 Å². The molecule has 1 aliphatic rings. The highest BCUT2D eigenvalue weighted by molar-refractivity contribution is 9.10. The lowest BCUT2D eigenvalue weighted by Gasteiger charge is -2.22. The van der Waals surface area contributed by atoms with E-state index in [1.165, 1.54) is 0 Å². The van der Waals surface area contributed by atoms with Crippen LogP contribution in [0.4, 0.5) is 0 Å². The molecule has 1 heterocycles. The Kier molecular flexibility index (Phi) is 5.29. The lowest BCUT2D eigenvalue weighted by atomic mass is 10.1. The highest BCUT2D eigenvalue weighted by atomic mass is 79.9. The van der Waals surface area contributed by atoms with E-state index in [0.717, 1.165) is 16.6 Å². The molecule has 118 valence electrons. The van der Waals surface area contributed by atoms with E-state index >= 15 is 0 Å². The van der Waals surface area contributed by atoms with Crippen LogP contribution in [0.5, 0.6) is 5.75 Å². The molecule has 1 aliphatic heterocycles. The first-order valence-corrected chi connectivity index (χ1v) is 9.52. The van der Waals surface area contributed by atoms with Gasteiger partial charge in [-0.05, 0) is 25.6 Å². The maximum absolute atomic E-state index is 11.6. The number of ether oxygens (including phenoxy) is 1. The fourth-order valence-corrected chi connectivity index (χ4v) is 4.46. The molecule has 0 aromatic heterocycles. The molecule has 0 spiro atoms. The molecule has 2 N–H and O–H groups in total. The van der Waals surface area contributed by atoms with Crippen LogP contribution in [-0.4, -0.2) is 43.8 Å². The summed E-state index contributed by atoms with van der Waals surface area (Å²) in [4.78, 5) is 0. The first-order chi connectivity index (χ1) is 9.82. The number of hydrogen-bond donors (Lipinski definition) is 2. The minimum Gasteiger partial charge on any atom is -0.486 e. The first-order valence-electron chi connectivity index (χ1n) is 6.90. The summed E-state index contributed by atoms with van der Waals surface area (Å²) in [7, 11) is -3.22. The average Bonchev–Trinajstić information content (AvgIpc) is 2.62. The van der Waals surface area contributed by atoms with Crippen LogP contribution in [0.3, 0.4) is 0 Å². The van der Waals surface area contributed by atoms with Crippen molar-refractivity contribution in [3.63, 3.8) is 0 Å². The normalized spacial score (nSPS) is 25.7. The van der Waals surface area contributed by atoms with Gasteiger partial charge in [-0.15, -0.1) is 0 Å². The van der Waals surface area contributed by atoms with Crippen LogP contribution >= 0.6 is 15.9 Å². The molecule has 3 atom stereocenters. The van der Waals surface area contributed by atoms with Crippen LogP contribution in [0.1, 0.15) is 25.5 Å². The van der Waals surface area contributed by atoms with Crippen molar-refractivity contribution in [3.05, 3.63) is 28.2 Å². The van der Waals surface area contributed by atoms with E-state index in [1.807, 2.05) is 26.0 Å². The second kappa shape index (κ2) is 6.64. The zero-order valence-electron chi connectivity index (χ0n) is 12.0. The van der Waals surface area contributed by atoms with E-state index in [-0.39, 0.29) is 17.5 Å². The van der Waals surface area contributed by atoms with Gasteiger partial charge in [-0.2, -0.15) is 0 Å². The Morgan fingerprint density at radius 2 is 2.19 bits per heavy atom. The standard InChI is InChI=1S/C14H20BrNO4S/c1-3-16-9(2)11-5-4-10(15)6-13(11)20-14-8-21(18,19)7-12(14)17/h4-6,9,12,14,16-17H,3,7-8H2,1-2H3. The maximum Gasteiger partial charge on any atom is 0.156 e. The van der Waals surface area contributed by atoms with Crippen LogP contribution in [0.2, 0.25) is 0 Å². The van der Waals surface area contributed by atoms with Crippen molar-refractivity contribution < 1.29 is 18.3 Å². The molecule has 21 heavy (non-hydrogen) atoms. The molecular formula is C14H20BrNO4S. The second-order valence-corrected chi connectivity index (χ2v) is 8.33. The van der Waals surface area contributed by atoms with Crippen LogP contribution in [0.15, 0.2) is 22.7 Å². The molecule has 5 nitrogen and oxygen atoms in total. The Balaban J connectivity index is 2.24.